The van der Waals surface area contributed by atoms with Crippen LogP contribution >= 0.6 is 0 Å². The average molecular weight is 289 g/mol. The minimum atomic E-state index is -2.86. The molecular formula is C15H31NO2S. The maximum absolute atomic E-state index is 11.9. The Morgan fingerprint density at radius 2 is 1.89 bits per heavy atom. The van der Waals surface area contributed by atoms with Crippen LogP contribution in [-0.2, 0) is 9.84 Å². The predicted octanol–water partition coefficient (Wildman–Crippen LogP) is 3.15. The lowest BCUT2D eigenvalue weighted by Crippen LogP contribution is -2.31. The molecule has 0 aromatic carbocycles. The van der Waals surface area contributed by atoms with Gasteiger partial charge in [-0.1, -0.05) is 26.2 Å². The summed E-state index contributed by atoms with van der Waals surface area (Å²) in [5.74, 6) is 0.959. The van der Waals surface area contributed by atoms with Crippen molar-refractivity contribution in [2.75, 3.05) is 12.3 Å². The fraction of sp³-hybridized carbons (Fsp3) is 1.00. The van der Waals surface area contributed by atoms with Gasteiger partial charge in [-0.15, -0.1) is 0 Å². The molecule has 1 aliphatic carbocycles. The molecule has 4 heteroatoms. The van der Waals surface area contributed by atoms with Crippen LogP contribution < -0.4 is 5.32 Å². The van der Waals surface area contributed by atoms with Gasteiger partial charge in [-0.05, 0) is 52.0 Å². The van der Waals surface area contributed by atoms with Crippen molar-refractivity contribution in [1.82, 2.24) is 5.32 Å². The predicted molar refractivity (Wildman–Crippen MR) is 82.2 cm³/mol. The maximum atomic E-state index is 11.9. The normalized spacial score (nSPS) is 25.5. The summed E-state index contributed by atoms with van der Waals surface area (Å²) in [6.07, 6.45) is 8.19. The molecule has 1 saturated carbocycles. The quantitative estimate of drug-likeness (QED) is 0.732. The molecule has 114 valence electrons. The van der Waals surface area contributed by atoms with Crippen LogP contribution in [0.3, 0.4) is 0 Å². The molecule has 2 atom stereocenters. The van der Waals surface area contributed by atoms with E-state index in [0.29, 0.717) is 17.7 Å². The van der Waals surface area contributed by atoms with E-state index in [4.69, 9.17) is 0 Å². The van der Waals surface area contributed by atoms with Gasteiger partial charge in [-0.3, -0.25) is 0 Å². The number of sulfone groups is 1. The molecule has 2 unspecified atom stereocenters. The molecule has 1 fully saturated rings. The zero-order valence-corrected chi connectivity index (χ0v) is 13.6. The van der Waals surface area contributed by atoms with Gasteiger partial charge in [-0.25, -0.2) is 8.42 Å². The third-order valence-corrected chi connectivity index (χ3v) is 6.49. The number of hydrogen-bond acceptors (Lipinski definition) is 3. The molecule has 0 radical (unpaired) electrons. The Morgan fingerprint density at radius 3 is 2.53 bits per heavy atom. The second-order valence-electron chi connectivity index (χ2n) is 6.24. The number of nitrogens with one attached hydrogen (secondary N) is 1. The molecule has 0 heterocycles. The van der Waals surface area contributed by atoms with E-state index in [1.807, 2.05) is 0 Å². The van der Waals surface area contributed by atoms with Gasteiger partial charge >= 0.3 is 0 Å². The summed E-state index contributed by atoms with van der Waals surface area (Å²) in [7, 11) is -2.86. The van der Waals surface area contributed by atoms with Crippen LogP contribution in [0.15, 0.2) is 0 Å². The molecule has 1 rings (SSSR count). The molecule has 0 amide bonds. The summed E-state index contributed by atoms with van der Waals surface area (Å²) in [5, 5.41) is 3.38. The Kier molecular flexibility index (Phi) is 7.37. The van der Waals surface area contributed by atoms with Crippen LogP contribution in [0.5, 0.6) is 0 Å². The van der Waals surface area contributed by atoms with E-state index in [1.54, 1.807) is 13.8 Å². The van der Waals surface area contributed by atoms with Crippen LogP contribution in [0, 0.1) is 5.92 Å². The van der Waals surface area contributed by atoms with Gasteiger partial charge in [0.1, 0.15) is 0 Å². The van der Waals surface area contributed by atoms with Crippen molar-refractivity contribution in [2.24, 2.45) is 5.92 Å². The monoisotopic (exact) mass is 289 g/mol. The summed E-state index contributed by atoms with van der Waals surface area (Å²) < 4.78 is 23.8. The molecule has 0 spiro atoms. The van der Waals surface area contributed by atoms with Crippen LogP contribution in [0.4, 0.5) is 0 Å². The van der Waals surface area contributed by atoms with E-state index in [1.165, 1.54) is 32.1 Å². The Morgan fingerprint density at radius 1 is 1.21 bits per heavy atom. The Balaban J connectivity index is 2.43. The largest absolute Gasteiger partial charge is 0.314 e. The SMILES string of the molecule is CCCNC1CCCCC(CCS(=O)(=O)C(C)C)C1. The smallest absolute Gasteiger partial charge is 0.152 e. The van der Waals surface area contributed by atoms with Crippen LogP contribution in [0.1, 0.15) is 65.7 Å². The Hall–Kier alpha value is -0.0900. The van der Waals surface area contributed by atoms with Gasteiger partial charge in [-0.2, -0.15) is 0 Å². The molecule has 19 heavy (non-hydrogen) atoms. The zero-order chi connectivity index (χ0) is 14.3. The summed E-state index contributed by atoms with van der Waals surface area (Å²) in [5.41, 5.74) is 0. The summed E-state index contributed by atoms with van der Waals surface area (Å²) >= 11 is 0. The fourth-order valence-electron chi connectivity index (χ4n) is 2.82. The number of hydrogen-bond donors (Lipinski definition) is 1. The van der Waals surface area contributed by atoms with Crippen molar-refractivity contribution in [3.63, 3.8) is 0 Å². The van der Waals surface area contributed by atoms with Crippen molar-refractivity contribution in [3.05, 3.63) is 0 Å². The Bertz CT molecular complexity index is 338. The third-order valence-electron chi connectivity index (χ3n) is 4.24. The first-order valence-corrected chi connectivity index (χ1v) is 9.62. The van der Waals surface area contributed by atoms with Crippen molar-refractivity contribution < 1.29 is 8.42 Å². The van der Waals surface area contributed by atoms with E-state index in [2.05, 4.69) is 12.2 Å². The van der Waals surface area contributed by atoms with Crippen LogP contribution in [0.2, 0.25) is 0 Å². The number of rotatable bonds is 7. The van der Waals surface area contributed by atoms with E-state index >= 15 is 0 Å². The highest BCUT2D eigenvalue weighted by Crippen LogP contribution is 2.26. The van der Waals surface area contributed by atoms with E-state index in [9.17, 15) is 8.42 Å². The van der Waals surface area contributed by atoms with Crippen molar-refractivity contribution in [2.45, 2.75) is 77.0 Å². The standard InChI is InChI=1S/C15H31NO2S/c1-4-10-16-15-8-6-5-7-14(12-15)9-11-19(17,18)13(2)3/h13-16H,4-12H2,1-3H3. The highest BCUT2D eigenvalue weighted by atomic mass is 32.2. The second kappa shape index (κ2) is 8.25. The molecule has 1 aliphatic rings. The van der Waals surface area contributed by atoms with Crippen molar-refractivity contribution in [1.29, 1.82) is 0 Å². The van der Waals surface area contributed by atoms with Crippen LogP contribution in [-0.4, -0.2) is 32.0 Å². The first-order chi connectivity index (χ1) is 8.95. The summed E-state index contributed by atoms with van der Waals surface area (Å²) in [4.78, 5) is 0. The van der Waals surface area contributed by atoms with E-state index < -0.39 is 9.84 Å². The minimum Gasteiger partial charge on any atom is -0.314 e. The first kappa shape index (κ1) is 17.0. The summed E-state index contributed by atoms with van der Waals surface area (Å²) in [6, 6.07) is 0.606. The molecule has 3 nitrogen and oxygen atoms in total. The van der Waals surface area contributed by atoms with E-state index in [0.717, 1.165) is 19.4 Å². The highest BCUT2D eigenvalue weighted by Gasteiger charge is 2.23. The molecular weight excluding hydrogens is 258 g/mol. The zero-order valence-electron chi connectivity index (χ0n) is 12.8. The lowest BCUT2D eigenvalue weighted by atomic mass is 9.95. The lowest BCUT2D eigenvalue weighted by molar-refractivity contribution is 0.378. The third kappa shape index (κ3) is 6.26. The van der Waals surface area contributed by atoms with Crippen molar-refractivity contribution in [3.8, 4) is 0 Å². The van der Waals surface area contributed by atoms with Gasteiger partial charge < -0.3 is 5.32 Å². The Labute approximate surface area is 119 Å². The molecule has 0 aromatic heterocycles. The highest BCUT2D eigenvalue weighted by molar-refractivity contribution is 7.91. The molecule has 0 aliphatic heterocycles. The molecule has 0 bridgehead atoms. The molecule has 1 N–H and O–H groups in total. The van der Waals surface area contributed by atoms with Gasteiger partial charge in [0.05, 0.1) is 11.0 Å². The second-order valence-corrected chi connectivity index (χ2v) is 8.92. The first-order valence-electron chi connectivity index (χ1n) is 7.90. The summed E-state index contributed by atoms with van der Waals surface area (Å²) in [6.45, 7) is 6.85. The fourth-order valence-corrected chi connectivity index (χ4v) is 3.96. The van der Waals surface area contributed by atoms with Gasteiger partial charge in [0, 0.05) is 6.04 Å². The van der Waals surface area contributed by atoms with Crippen LogP contribution in [0.25, 0.3) is 0 Å². The average Bonchev–Trinajstić information content (AvgIpc) is 2.59. The van der Waals surface area contributed by atoms with Gasteiger partial charge in [0.15, 0.2) is 9.84 Å². The maximum Gasteiger partial charge on any atom is 0.152 e. The molecule has 0 saturated heterocycles. The van der Waals surface area contributed by atoms with Gasteiger partial charge in [0.2, 0.25) is 0 Å². The molecule has 0 aromatic rings. The lowest BCUT2D eigenvalue weighted by Gasteiger charge is -2.21. The van der Waals surface area contributed by atoms with E-state index in [-0.39, 0.29) is 5.25 Å². The van der Waals surface area contributed by atoms with Crippen molar-refractivity contribution >= 4 is 9.84 Å². The van der Waals surface area contributed by atoms with Gasteiger partial charge in [0.25, 0.3) is 0 Å². The topological polar surface area (TPSA) is 46.2 Å². The minimum absolute atomic E-state index is 0.229.